The van der Waals surface area contributed by atoms with Crippen molar-refractivity contribution in [2.24, 2.45) is 5.73 Å². The molecule has 0 aromatic rings. The van der Waals surface area contributed by atoms with Crippen LogP contribution in [0.15, 0.2) is 0 Å². The third kappa shape index (κ3) is 7.38. The van der Waals surface area contributed by atoms with Gasteiger partial charge in [-0.05, 0) is 48.1 Å². The van der Waals surface area contributed by atoms with Gasteiger partial charge in [-0.2, -0.15) is 0 Å². The van der Waals surface area contributed by atoms with E-state index in [0.717, 1.165) is 0 Å². The van der Waals surface area contributed by atoms with E-state index >= 15 is 0 Å². The molecule has 1 saturated heterocycles. The Balaban J connectivity index is 0.000000224. The van der Waals surface area contributed by atoms with Crippen molar-refractivity contribution in [1.29, 1.82) is 0 Å². The van der Waals surface area contributed by atoms with Crippen molar-refractivity contribution in [1.82, 2.24) is 19.6 Å². The van der Waals surface area contributed by atoms with Gasteiger partial charge in [0.25, 0.3) is 0 Å². The second-order valence-corrected chi connectivity index (χ2v) is 7.51. The SMILES string of the molecule is CN(C)C1(N)CCCCC1.CN(C)CCN1CCN(C)CC1. The first-order valence-electron chi connectivity index (χ1n) is 8.85. The summed E-state index contributed by atoms with van der Waals surface area (Å²) in [6.07, 6.45) is 6.30. The Morgan fingerprint density at radius 1 is 0.909 bits per heavy atom. The van der Waals surface area contributed by atoms with E-state index in [1.165, 1.54) is 71.4 Å². The first kappa shape index (κ1) is 19.8. The van der Waals surface area contributed by atoms with E-state index in [1.54, 1.807) is 0 Å². The molecule has 2 N–H and O–H groups in total. The molecule has 1 heterocycles. The summed E-state index contributed by atoms with van der Waals surface area (Å²) >= 11 is 0. The van der Waals surface area contributed by atoms with Crippen LogP contribution in [0.25, 0.3) is 0 Å². The Bertz CT molecular complexity index is 279. The molecule has 0 bridgehead atoms. The van der Waals surface area contributed by atoms with Crippen LogP contribution in [0.4, 0.5) is 0 Å². The molecule has 0 atom stereocenters. The predicted octanol–water partition coefficient (Wildman–Crippen LogP) is 0.963. The van der Waals surface area contributed by atoms with Crippen molar-refractivity contribution in [2.45, 2.75) is 37.8 Å². The quantitative estimate of drug-likeness (QED) is 0.783. The highest BCUT2D eigenvalue weighted by Crippen LogP contribution is 2.26. The highest BCUT2D eigenvalue weighted by Gasteiger charge is 2.28. The van der Waals surface area contributed by atoms with E-state index < -0.39 is 0 Å². The molecule has 0 radical (unpaired) electrons. The monoisotopic (exact) mass is 313 g/mol. The number of nitrogens with two attached hydrogens (primary N) is 1. The predicted molar refractivity (Wildman–Crippen MR) is 96.2 cm³/mol. The zero-order chi connectivity index (χ0) is 16.6. The summed E-state index contributed by atoms with van der Waals surface area (Å²) < 4.78 is 0. The first-order chi connectivity index (χ1) is 10.3. The minimum Gasteiger partial charge on any atom is -0.313 e. The minimum absolute atomic E-state index is 0.0122. The standard InChI is InChI=1S/C9H21N3.C8H18N2/c1-10(2)4-7-12-8-5-11(3)6-9-12;1-10(2)8(9)6-4-3-5-7-8/h4-9H2,1-3H3;3-7,9H2,1-2H3. The van der Waals surface area contributed by atoms with Gasteiger partial charge in [-0.3, -0.25) is 9.80 Å². The molecule has 1 aliphatic heterocycles. The average molecular weight is 314 g/mol. The summed E-state index contributed by atoms with van der Waals surface area (Å²) in [5.74, 6) is 0. The van der Waals surface area contributed by atoms with Crippen LogP contribution >= 0.6 is 0 Å². The van der Waals surface area contributed by atoms with Gasteiger partial charge in [0, 0.05) is 39.3 Å². The molecule has 2 aliphatic rings. The van der Waals surface area contributed by atoms with Crippen molar-refractivity contribution < 1.29 is 0 Å². The molecule has 0 spiro atoms. The molecular formula is C17H39N5. The lowest BCUT2D eigenvalue weighted by atomic mass is 9.89. The lowest BCUT2D eigenvalue weighted by Crippen LogP contribution is -2.53. The van der Waals surface area contributed by atoms with Crippen molar-refractivity contribution in [3.63, 3.8) is 0 Å². The largest absolute Gasteiger partial charge is 0.313 e. The van der Waals surface area contributed by atoms with Crippen LogP contribution in [0, 0.1) is 0 Å². The van der Waals surface area contributed by atoms with Crippen molar-refractivity contribution >= 4 is 0 Å². The zero-order valence-corrected chi connectivity index (χ0v) is 15.6. The normalized spacial score (nSPS) is 23.5. The molecule has 0 aromatic carbocycles. The number of piperazine rings is 1. The Labute approximate surface area is 138 Å². The molecular weight excluding hydrogens is 274 g/mol. The summed E-state index contributed by atoms with van der Waals surface area (Å²) in [5, 5.41) is 0. The van der Waals surface area contributed by atoms with Gasteiger partial charge >= 0.3 is 0 Å². The Morgan fingerprint density at radius 3 is 1.86 bits per heavy atom. The van der Waals surface area contributed by atoms with E-state index in [1.807, 2.05) is 0 Å². The molecule has 2 rings (SSSR count). The molecule has 5 heteroatoms. The van der Waals surface area contributed by atoms with Crippen LogP contribution in [-0.2, 0) is 0 Å². The number of rotatable bonds is 4. The summed E-state index contributed by atoms with van der Waals surface area (Å²) in [7, 11) is 10.6. The van der Waals surface area contributed by atoms with Gasteiger partial charge in [0.05, 0.1) is 5.66 Å². The maximum Gasteiger partial charge on any atom is 0.0682 e. The molecule has 1 saturated carbocycles. The first-order valence-corrected chi connectivity index (χ1v) is 8.85. The lowest BCUT2D eigenvalue weighted by molar-refractivity contribution is 0.107. The highest BCUT2D eigenvalue weighted by atomic mass is 15.3. The van der Waals surface area contributed by atoms with Gasteiger partial charge in [-0.1, -0.05) is 19.3 Å². The van der Waals surface area contributed by atoms with Crippen molar-refractivity contribution in [2.75, 3.05) is 74.5 Å². The smallest absolute Gasteiger partial charge is 0.0682 e. The van der Waals surface area contributed by atoms with Crippen molar-refractivity contribution in [3.8, 4) is 0 Å². The molecule has 5 nitrogen and oxygen atoms in total. The molecule has 0 aromatic heterocycles. The Hall–Kier alpha value is -0.200. The van der Waals surface area contributed by atoms with Gasteiger partial charge < -0.3 is 15.5 Å². The fraction of sp³-hybridized carbons (Fsp3) is 1.00. The minimum atomic E-state index is 0.0122. The molecule has 0 amide bonds. The number of nitrogens with zero attached hydrogens (tertiary/aromatic N) is 4. The van der Waals surface area contributed by atoms with E-state index in [9.17, 15) is 0 Å². The van der Waals surface area contributed by atoms with Gasteiger partial charge in [-0.25, -0.2) is 0 Å². The van der Waals surface area contributed by atoms with Gasteiger partial charge in [-0.15, -0.1) is 0 Å². The molecule has 1 aliphatic carbocycles. The summed E-state index contributed by atoms with van der Waals surface area (Å²) in [6, 6.07) is 0. The van der Waals surface area contributed by atoms with Gasteiger partial charge in [0.2, 0.25) is 0 Å². The molecule has 2 fully saturated rings. The third-order valence-corrected chi connectivity index (χ3v) is 5.07. The van der Waals surface area contributed by atoms with Crippen LogP contribution in [0.1, 0.15) is 32.1 Å². The van der Waals surface area contributed by atoms with Crippen molar-refractivity contribution in [3.05, 3.63) is 0 Å². The molecule has 22 heavy (non-hydrogen) atoms. The fourth-order valence-corrected chi connectivity index (χ4v) is 3.02. The van der Waals surface area contributed by atoms with E-state index in [2.05, 4.69) is 54.8 Å². The summed E-state index contributed by atoms with van der Waals surface area (Å²) in [5.41, 5.74) is 6.14. The number of hydrogen-bond donors (Lipinski definition) is 1. The molecule has 0 unspecified atom stereocenters. The van der Waals surface area contributed by atoms with Gasteiger partial charge in [0.1, 0.15) is 0 Å². The third-order valence-electron chi connectivity index (χ3n) is 5.07. The van der Waals surface area contributed by atoms with E-state index in [-0.39, 0.29) is 5.66 Å². The van der Waals surface area contributed by atoms with E-state index in [4.69, 9.17) is 5.73 Å². The zero-order valence-electron chi connectivity index (χ0n) is 15.6. The second kappa shape index (κ2) is 9.83. The second-order valence-electron chi connectivity index (χ2n) is 7.51. The summed E-state index contributed by atoms with van der Waals surface area (Å²) in [6.45, 7) is 7.35. The van der Waals surface area contributed by atoms with Crippen LogP contribution < -0.4 is 5.73 Å². The maximum absolute atomic E-state index is 6.13. The van der Waals surface area contributed by atoms with E-state index in [0.29, 0.717) is 0 Å². The fourth-order valence-electron chi connectivity index (χ4n) is 3.02. The highest BCUT2D eigenvalue weighted by molar-refractivity contribution is 4.84. The number of likely N-dealkylation sites (N-methyl/N-ethyl adjacent to an activating group) is 2. The lowest BCUT2D eigenvalue weighted by Gasteiger charge is -2.39. The van der Waals surface area contributed by atoms with Crippen LogP contribution in [-0.4, -0.2) is 99.8 Å². The molecule has 132 valence electrons. The van der Waals surface area contributed by atoms with Crippen LogP contribution in [0.3, 0.4) is 0 Å². The summed E-state index contributed by atoms with van der Waals surface area (Å²) in [4.78, 5) is 9.34. The maximum atomic E-state index is 6.13. The van der Waals surface area contributed by atoms with Crippen LogP contribution in [0.2, 0.25) is 0 Å². The Morgan fingerprint density at radius 2 is 1.45 bits per heavy atom. The van der Waals surface area contributed by atoms with Crippen LogP contribution in [0.5, 0.6) is 0 Å². The Kier molecular flexibility index (Phi) is 8.87. The van der Waals surface area contributed by atoms with Gasteiger partial charge in [0.15, 0.2) is 0 Å². The number of hydrogen-bond acceptors (Lipinski definition) is 5. The topological polar surface area (TPSA) is 39.0 Å². The average Bonchev–Trinajstić information content (AvgIpc) is 2.48.